The van der Waals surface area contributed by atoms with E-state index in [1.165, 1.54) is 0 Å². The molecular weight excluding hydrogens is 342 g/mol. The zero-order valence-electron chi connectivity index (χ0n) is 15.3. The smallest absolute Gasteiger partial charge is 0.314 e. The Balaban J connectivity index is 1.35. The van der Waals surface area contributed by atoms with E-state index in [-0.39, 0.29) is 6.03 Å². The highest BCUT2D eigenvalue weighted by atomic mass is 16.5. The van der Waals surface area contributed by atoms with Gasteiger partial charge >= 0.3 is 6.03 Å². The molecule has 27 heavy (non-hydrogen) atoms. The van der Waals surface area contributed by atoms with Crippen LogP contribution in [0.3, 0.4) is 0 Å². The van der Waals surface area contributed by atoms with Gasteiger partial charge in [-0.1, -0.05) is 30.3 Å². The van der Waals surface area contributed by atoms with Gasteiger partial charge in [-0.3, -0.25) is 0 Å². The molecule has 0 aliphatic heterocycles. The van der Waals surface area contributed by atoms with Gasteiger partial charge in [0, 0.05) is 25.1 Å². The monoisotopic (exact) mass is 365 g/mol. The average molecular weight is 365 g/mol. The lowest BCUT2D eigenvalue weighted by Crippen LogP contribution is -2.37. The molecule has 2 N–H and O–H groups in total. The van der Waals surface area contributed by atoms with E-state index >= 15 is 0 Å². The number of carbonyl (C=O) groups is 1. The number of aromatic nitrogens is 1. The lowest BCUT2D eigenvalue weighted by atomic mass is 10.1. The molecule has 0 fully saturated rings. The van der Waals surface area contributed by atoms with E-state index in [2.05, 4.69) is 15.6 Å². The molecule has 0 aliphatic carbocycles. The molecule has 140 valence electrons. The van der Waals surface area contributed by atoms with Gasteiger partial charge in [0.05, 0.1) is 12.8 Å². The van der Waals surface area contributed by atoms with Crippen molar-refractivity contribution in [3.63, 3.8) is 0 Å². The van der Waals surface area contributed by atoms with Crippen molar-refractivity contribution >= 4 is 6.03 Å². The van der Waals surface area contributed by atoms with Crippen molar-refractivity contribution < 1.29 is 13.9 Å². The van der Waals surface area contributed by atoms with Crippen molar-refractivity contribution in [3.8, 4) is 17.2 Å². The highest BCUT2D eigenvalue weighted by Crippen LogP contribution is 2.17. The predicted molar refractivity (Wildman–Crippen MR) is 104 cm³/mol. The Morgan fingerprint density at radius 1 is 1.00 bits per heavy atom. The van der Waals surface area contributed by atoms with E-state index in [1.807, 2.05) is 54.6 Å². The van der Waals surface area contributed by atoms with Crippen LogP contribution in [0.25, 0.3) is 11.5 Å². The molecule has 3 aromatic rings. The van der Waals surface area contributed by atoms with Crippen molar-refractivity contribution in [1.29, 1.82) is 0 Å². The fourth-order valence-corrected chi connectivity index (χ4v) is 2.61. The Labute approximate surface area is 158 Å². The number of carbonyl (C=O) groups excluding carboxylic acids is 1. The minimum absolute atomic E-state index is 0.185. The number of oxazole rings is 1. The third-order valence-electron chi connectivity index (χ3n) is 4.10. The van der Waals surface area contributed by atoms with Crippen LogP contribution in [0.1, 0.15) is 11.3 Å². The molecular formula is C21H23N3O3. The van der Waals surface area contributed by atoms with Gasteiger partial charge < -0.3 is 19.8 Å². The molecule has 0 spiro atoms. The van der Waals surface area contributed by atoms with Gasteiger partial charge in [0.2, 0.25) is 5.89 Å². The van der Waals surface area contributed by atoms with E-state index in [9.17, 15) is 4.79 Å². The van der Waals surface area contributed by atoms with Gasteiger partial charge in [-0.2, -0.15) is 0 Å². The first-order valence-corrected chi connectivity index (χ1v) is 8.89. The Bertz CT molecular complexity index is 845. The van der Waals surface area contributed by atoms with Crippen LogP contribution in [-0.2, 0) is 12.8 Å². The summed E-state index contributed by atoms with van der Waals surface area (Å²) in [6.45, 7) is 1.06. The topological polar surface area (TPSA) is 76.4 Å². The molecule has 2 amide bonds. The maximum atomic E-state index is 11.9. The number of amides is 2. The highest BCUT2D eigenvalue weighted by molar-refractivity contribution is 5.73. The van der Waals surface area contributed by atoms with Crippen LogP contribution < -0.4 is 15.4 Å². The van der Waals surface area contributed by atoms with Gasteiger partial charge in [0.25, 0.3) is 0 Å². The number of nitrogens with one attached hydrogen (secondary N) is 2. The molecule has 0 saturated heterocycles. The van der Waals surface area contributed by atoms with Crippen LogP contribution in [0.2, 0.25) is 0 Å². The number of ether oxygens (including phenoxy) is 1. The molecule has 1 aromatic heterocycles. The summed E-state index contributed by atoms with van der Waals surface area (Å²) < 4.78 is 10.6. The molecule has 1 heterocycles. The van der Waals surface area contributed by atoms with Crippen molar-refractivity contribution in [2.45, 2.75) is 12.8 Å². The summed E-state index contributed by atoms with van der Waals surface area (Å²) in [6, 6.07) is 17.4. The van der Waals surface area contributed by atoms with Gasteiger partial charge in [-0.25, -0.2) is 9.78 Å². The zero-order valence-corrected chi connectivity index (χ0v) is 15.3. The fraction of sp³-hybridized carbons (Fsp3) is 0.238. The minimum Gasteiger partial charge on any atom is -0.497 e. The quantitative estimate of drug-likeness (QED) is 0.641. The summed E-state index contributed by atoms with van der Waals surface area (Å²) in [4.78, 5) is 16.3. The Morgan fingerprint density at radius 3 is 2.41 bits per heavy atom. The second-order valence-electron chi connectivity index (χ2n) is 6.04. The third kappa shape index (κ3) is 5.60. The average Bonchev–Trinajstić information content (AvgIpc) is 3.18. The lowest BCUT2D eigenvalue weighted by molar-refractivity contribution is 0.241. The number of nitrogens with zero attached hydrogens (tertiary/aromatic N) is 1. The number of hydrogen-bond donors (Lipinski definition) is 2. The summed E-state index contributed by atoms with van der Waals surface area (Å²) in [5.41, 5.74) is 2.90. The first-order valence-electron chi connectivity index (χ1n) is 8.89. The third-order valence-corrected chi connectivity index (χ3v) is 4.10. The fourth-order valence-electron chi connectivity index (χ4n) is 2.61. The van der Waals surface area contributed by atoms with Crippen LogP contribution in [0.5, 0.6) is 5.75 Å². The number of urea groups is 1. The van der Waals surface area contributed by atoms with Crippen LogP contribution >= 0.6 is 0 Å². The minimum atomic E-state index is -0.185. The van der Waals surface area contributed by atoms with Gasteiger partial charge in [-0.05, 0) is 36.2 Å². The number of hydrogen-bond acceptors (Lipinski definition) is 4. The molecule has 3 rings (SSSR count). The maximum absolute atomic E-state index is 11.9. The molecule has 0 unspecified atom stereocenters. The molecule has 0 aliphatic rings. The van der Waals surface area contributed by atoms with Crippen molar-refractivity contribution in [2.75, 3.05) is 20.2 Å². The lowest BCUT2D eigenvalue weighted by Gasteiger charge is -2.07. The Kier molecular flexibility index (Phi) is 6.46. The van der Waals surface area contributed by atoms with Crippen LogP contribution in [-0.4, -0.2) is 31.2 Å². The van der Waals surface area contributed by atoms with Gasteiger partial charge in [0.15, 0.2) is 0 Å². The first kappa shape index (κ1) is 18.5. The number of methoxy groups -OCH3 is 1. The predicted octanol–water partition coefficient (Wildman–Crippen LogP) is 3.43. The van der Waals surface area contributed by atoms with Crippen LogP contribution in [0.15, 0.2) is 65.3 Å². The molecule has 2 aromatic carbocycles. The summed E-state index contributed by atoms with van der Waals surface area (Å²) in [6.07, 6.45) is 3.01. The molecule has 6 heteroatoms. The first-order chi connectivity index (χ1) is 13.2. The van der Waals surface area contributed by atoms with E-state index in [0.717, 1.165) is 29.0 Å². The summed E-state index contributed by atoms with van der Waals surface area (Å²) in [5.74, 6) is 1.42. The molecule has 0 radical (unpaired) electrons. The van der Waals surface area contributed by atoms with Gasteiger partial charge in [0.1, 0.15) is 12.0 Å². The Hall–Kier alpha value is -3.28. The zero-order chi connectivity index (χ0) is 18.9. The number of rotatable bonds is 8. The summed E-state index contributed by atoms with van der Waals surface area (Å²) in [7, 11) is 1.64. The number of benzene rings is 2. The van der Waals surface area contributed by atoms with Crippen molar-refractivity contribution in [1.82, 2.24) is 15.6 Å². The normalized spacial score (nSPS) is 10.4. The molecule has 6 nitrogen and oxygen atoms in total. The maximum Gasteiger partial charge on any atom is 0.314 e. The standard InChI is InChI=1S/C21H23N3O3/c1-26-19-9-7-16(8-10-19)11-13-22-21(25)23-14-12-18-15-27-20(24-18)17-5-3-2-4-6-17/h2-10,15H,11-14H2,1H3,(H2,22,23,25). The largest absolute Gasteiger partial charge is 0.497 e. The summed E-state index contributed by atoms with van der Waals surface area (Å²) in [5, 5.41) is 5.68. The van der Waals surface area contributed by atoms with E-state index in [4.69, 9.17) is 9.15 Å². The van der Waals surface area contributed by atoms with Crippen LogP contribution in [0, 0.1) is 0 Å². The highest BCUT2D eigenvalue weighted by Gasteiger charge is 2.07. The van der Waals surface area contributed by atoms with E-state index in [1.54, 1.807) is 13.4 Å². The van der Waals surface area contributed by atoms with E-state index < -0.39 is 0 Å². The molecule has 0 saturated carbocycles. The molecule has 0 bridgehead atoms. The Morgan fingerprint density at radius 2 is 1.70 bits per heavy atom. The second kappa shape index (κ2) is 9.43. The SMILES string of the molecule is COc1ccc(CCNC(=O)NCCc2coc(-c3ccccc3)n2)cc1. The summed E-state index contributed by atoms with van der Waals surface area (Å²) >= 11 is 0. The van der Waals surface area contributed by atoms with E-state index in [0.29, 0.717) is 25.4 Å². The van der Waals surface area contributed by atoms with Gasteiger partial charge in [-0.15, -0.1) is 0 Å². The second-order valence-corrected chi connectivity index (χ2v) is 6.04. The van der Waals surface area contributed by atoms with Crippen molar-refractivity contribution in [2.24, 2.45) is 0 Å². The van der Waals surface area contributed by atoms with Crippen molar-refractivity contribution in [3.05, 3.63) is 72.1 Å². The molecule has 0 atom stereocenters. The van der Waals surface area contributed by atoms with Crippen LogP contribution in [0.4, 0.5) is 4.79 Å².